The van der Waals surface area contributed by atoms with Gasteiger partial charge in [0.15, 0.2) is 0 Å². The third kappa shape index (κ3) is 6.26. The van der Waals surface area contributed by atoms with E-state index in [9.17, 15) is 9.59 Å². The molecular weight excluding hydrogens is 525 g/mol. The molecule has 0 radical (unpaired) electrons. The average Bonchev–Trinajstić information content (AvgIpc) is 2.98. The first kappa shape index (κ1) is 27.9. The summed E-state index contributed by atoms with van der Waals surface area (Å²) in [5.74, 6) is -0.414. The number of pyridine rings is 1. The molecule has 1 amide bonds. The second-order valence-corrected chi connectivity index (χ2v) is 9.77. The number of nitrogens with one attached hydrogen (secondary N) is 2. The zero-order chi connectivity index (χ0) is 28.9. The first-order valence-corrected chi connectivity index (χ1v) is 13.3. The lowest BCUT2D eigenvalue weighted by atomic mass is 10.0. The van der Waals surface area contributed by atoms with E-state index in [2.05, 4.69) is 27.1 Å². The van der Waals surface area contributed by atoms with Crippen LogP contribution in [0, 0.1) is 5.82 Å². The number of nitrogens with zero attached hydrogens (tertiary/aromatic N) is 5. The van der Waals surface area contributed by atoms with Crippen molar-refractivity contribution in [3.8, 4) is 11.1 Å². The van der Waals surface area contributed by atoms with Gasteiger partial charge in [-0.1, -0.05) is 18.7 Å². The number of aromatic nitrogens is 3. The van der Waals surface area contributed by atoms with Crippen LogP contribution in [0.1, 0.15) is 0 Å². The second kappa shape index (κ2) is 12.3. The van der Waals surface area contributed by atoms with Crippen LogP contribution in [0.4, 0.5) is 27.4 Å². The highest BCUT2D eigenvalue weighted by Crippen LogP contribution is 2.29. The number of rotatable bonds is 9. The molecule has 5 rings (SSSR count). The van der Waals surface area contributed by atoms with Gasteiger partial charge in [-0.25, -0.2) is 14.4 Å². The standard InChI is InChI=1S/C30H32FN7O3/c1-4-27(39)33-21-7-5-6-20(16-21)23-18-28(40)36(2)26-19-32-30(35-29(23)26)34-22-8-9-25(24(31)17-22)38-12-10-37(11-13-38)14-15-41-3/h4-9,16-19H,1,10-15H2,2-3H3,(H,33,39)(H,32,34,35). The van der Waals surface area contributed by atoms with E-state index in [0.717, 1.165) is 32.7 Å². The largest absolute Gasteiger partial charge is 0.383 e. The number of amides is 1. The number of hydrogen-bond donors (Lipinski definition) is 2. The number of carbonyl (C=O) groups excluding carboxylic acids is 1. The Balaban J connectivity index is 1.40. The SMILES string of the molecule is C=CC(=O)Nc1cccc(-c2cc(=O)n(C)c3cnc(Nc4ccc(N5CCN(CCOC)CC5)c(F)c4)nc23)c1. The van der Waals surface area contributed by atoms with Crippen LogP contribution >= 0.6 is 0 Å². The molecule has 0 bridgehead atoms. The van der Waals surface area contributed by atoms with E-state index < -0.39 is 0 Å². The molecule has 2 aromatic heterocycles. The topological polar surface area (TPSA) is 105 Å². The van der Waals surface area contributed by atoms with Crippen molar-refractivity contribution in [2.24, 2.45) is 7.05 Å². The number of carbonyl (C=O) groups is 1. The molecule has 3 heterocycles. The molecule has 1 fully saturated rings. The Morgan fingerprint density at radius 1 is 1.12 bits per heavy atom. The van der Waals surface area contributed by atoms with Crippen molar-refractivity contribution in [1.29, 1.82) is 0 Å². The zero-order valence-electron chi connectivity index (χ0n) is 23.1. The number of piperazine rings is 1. The van der Waals surface area contributed by atoms with Crippen molar-refractivity contribution >= 4 is 40.0 Å². The van der Waals surface area contributed by atoms with E-state index in [1.807, 2.05) is 11.0 Å². The zero-order valence-corrected chi connectivity index (χ0v) is 23.1. The number of fused-ring (bicyclic) bond motifs is 1. The summed E-state index contributed by atoms with van der Waals surface area (Å²) in [6.45, 7) is 8.20. The highest BCUT2D eigenvalue weighted by Gasteiger charge is 2.20. The van der Waals surface area contributed by atoms with Gasteiger partial charge in [-0.05, 0) is 42.0 Å². The van der Waals surface area contributed by atoms with Crippen molar-refractivity contribution in [1.82, 2.24) is 19.4 Å². The van der Waals surface area contributed by atoms with E-state index in [4.69, 9.17) is 9.72 Å². The maximum absolute atomic E-state index is 15.2. The molecule has 41 heavy (non-hydrogen) atoms. The Morgan fingerprint density at radius 2 is 1.93 bits per heavy atom. The van der Waals surface area contributed by atoms with Crippen LogP contribution in [0.3, 0.4) is 0 Å². The first-order valence-electron chi connectivity index (χ1n) is 13.3. The second-order valence-electron chi connectivity index (χ2n) is 9.77. The van der Waals surface area contributed by atoms with Crippen LogP contribution in [-0.4, -0.2) is 71.8 Å². The molecule has 4 aromatic rings. The number of anilines is 4. The molecule has 1 saturated heterocycles. The third-order valence-corrected chi connectivity index (χ3v) is 7.14. The van der Waals surface area contributed by atoms with E-state index in [0.29, 0.717) is 45.8 Å². The number of methoxy groups -OCH3 is 1. The van der Waals surface area contributed by atoms with Gasteiger partial charge in [-0.2, -0.15) is 0 Å². The molecule has 1 aliphatic rings. The monoisotopic (exact) mass is 557 g/mol. The van der Waals surface area contributed by atoms with Crippen molar-refractivity contribution < 1.29 is 13.9 Å². The Hall–Kier alpha value is -4.61. The van der Waals surface area contributed by atoms with E-state index in [-0.39, 0.29) is 23.2 Å². The van der Waals surface area contributed by atoms with Gasteiger partial charge in [0.25, 0.3) is 5.56 Å². The fraction of sp³-hybridized carbons (Fsp3) is 0.267. The van der Waals surface area contributed by atoms with E-state index >= 15 is 4.39 Å². The lowest BCUT2D eigenvalue weighted by molar-refractivity contribution is -0.111. The summed E-state index contributed by atoms with van der Waals surface area (Å²) in [5.41, 5.74) is 3.72. The highest BCUT2D eigenvalue weighted by molar-refractivity contribution is 6.00. The number of ether oxygens (including phenoxy) is 1. The van der Waals surface area contributed by atoms with E-state index in [1.54, 1.807) is 50.7 Å². The van der Waals surface area contributed by atoms with Gasteiger partial charge in [0.05, 0.1) is 24.0 Å². The molecule has 11 heteroatoms. The molecule has 0 saturated carbocycles. The van der Waals surface area contributed by atoms with Gasteiger partial charge < -0.3 is 24.8 Å². The molecule has 0 spiro atoms. The van der Waals surface area contributed by atoms with Gasteiger partial charge >= 0.3 is 0 Å². The highest BCUT2D eigenvalue weighted by atomic mass is 19.1. The normalized spacial score (nSPS) is 13.8. The summed E-state index contributed by atoms with van der Waals surface area (Å²) in [5, 5.41) is 5.83. The van der Waals surface area contributed by atoms with Crippen LogP contribution in [0.5, 0.6) is 0 Å². The quantitative estimate of drug-likeness (QED) is 0.300. The Bertz CT molecular complexity index is 1650. The molecule has 0 unspecified atom stereocenters. The fourth-order valence-corrected chi connectivity index (χ4v) is 4.87. The third-order valence-electron chi connectivity index (χ3n) is 7.14. The summed E-state index contributed by atoms with van der Waals surface area (Å²) < 4.78 is 21.8. The molecule has 1 aliphatic heterocycles. The minimum Gasteiger partial charge on any atom is -0.383 e. The average molecular weight is 558 g/mol. The van der Waals surface area contributed by atoms with Crippen molar-refractivity contribution in [3.05, 3.63) is 83.6 Å². The van der Waals surface area contributed by atoms with Crippen molar-refractivity contribution in [2.75, 3.05) is 62.0 Å². The van der Waals surface area contributed by atoms with Gasteiger partial charge in [0, 0.05) is 69.9 Å². The van der Waals surface area contributed by atoms with Crippen LogP contribution < -0.4 is 21.1 Å². The Labute approximate surface area is 237 Å². The van der Waals surface area contributed by atoms with Crippen LogP contribution in [0.2, 0.25) is 0 Å². The van der Waals surface area contributed by atoms with E-state index in [1.165, 1.54) is 22.8 Å². The van der Waals surface area contributed by atoms with Gasteiger partial charge in [-0.15, -0.1) is 0 Å². The van der Waals surface area contributed by atoms with Gasteiger partial charge in [-0.3, -0.25) is 14.5 Å². The molecule has 0 atom stereocenters. The molecule has 10 nitrogen and oxygen atoms in total. The lowest BCUT2D eigenvalue weighted by Gasteiger charge is -2.36. The maximum atomic E-state index is 15.2. The van der Waals surface area contributed by atoms with Crippen LogP contribution in [0.15, 0.2) is 72.2 Å². The summed E-state index contributed by atoms with van der Waals surface area (Å²) in [7, 11) is 3.34. The maximum Gasteiger partial charge on any atom is 0.251 e. The predicted octanol–water partition coefficient (Wildman–Crippen LogP) is 3.77. The number of aryl methyl sites for hydroxylation is 1. The predicted molar refractivity (Wildman–Crippen MR) is 159 cm³/mol. The fourth-order valence-electron chi connectivity index (χ4n) is 4.87. The van der Waals surface area contributed by atoms with Crippen molar-refractivity contribution in [3.63, 3.8) is 0 Å². The minimum absolute atomic E-state index is 0.227. The van der Waals surface area contributed by atoms with Gasteiger partial charge in [0.1, 0.15) is 11.3 Å². The van der Waals surface area contributed by atoms with Gasteiger partial charge in [0.2, 0.25) is 11.9 Å². The minimum atomic E-state index is -0.340. The first-order chi connectivity index (χ1) is 19.9. The summed E-state index contributed by atoms with van der Waals surface area (Å²) in [6.07, 6.45) is 2.75. The lowest BCUT2D eigenvalue weighted by Crippen LogP contribution is -2.47. The molecule has 2 aromatic carbocycles. The number of halogens is 1. The molecular formula is C30H32FN7O3. The molecule has 2 N–H and O–H groups in total. The summed E-state index contributed by atoms with van der Waals surface area (Å²) >= 11 is 0. The number of hydrogen-bond acceptors (Lipinski definition) is 8. The summed E-state index contributed by atoms with van der Waals surface area (Å²) in [6, 6.07) is 13.6. The number of benzene rings is 2. The van der Waals surface area contributed by atoms with Crippen LogP contribution in [-0.2, 0) is 16.6 Å². The molecule has 212 valence electrons. The molecule has 0 aliphatic carbocycles. The van der Waals surface area contributed by atoms with Crippen LogP contribution in [0.25, 0.3) is 22.2 Å². The smallest absolute Gasteiger partial charge is 0.251 e. The summed E-state index contributed by atoms with van der Waals surface area (Å²) in [4.78, 5) is 38.0. The Kier molecular flexibility index (Phi) is 8.37. The Morgan fingerprint density at radius 3 is 2.66 bits per heavy atom. The van der Waals surface area contributed by atoms with Crippen molar-refractivity contribution in [2.45, 2.75) is 0 Å².